The van der Waals surface area contributed by atoms with E-state index in [1.54, 1.807) is 0 Å². The van der Waals surface area contributed by atoms with E-state index in [1.807, 2.05) is 33.4 Å². The SMILES string of the molecule is CNCc1ncn(C)c1-c1ccc2nc(C)[nH]c2c1. The maximum atomic E-state index is 4.44. The van der Waals surface area contributed by atoms with Crippen LogP contribution in [0, 0.1) is 6.92 Å². The number of aromatic amines is 1. The highest BCUT2D eigenvalue weighted by Gasteiger charge is 2.11. The highest BCUT2D eigenvalue weighted by molar-refractivity contribution is 5.81. The molecule has 3 rings (SSSR count). The average molecular weight is 255 g/mol. The second-order valence-electron chi connectivity index (χ2n) is 4.74. The second kappa shape index (κ2) is 4.51. The molecule has 2 aromatic heterocycles. The summed E-state index contributed by atoms with van der Waals surface area (Å²) < 4.78 is 2.05. The van der Waals surface area contributed by atoms with Crippen molar-refractivity contribution in [3.8, 4) is 11.3 Å². The van der Waals surface area contributed by atoms with Gasteiger partial charge in [0.1, 0.15) is 5.82 Å². The van der Waals surface area contributed by atoms with Crippen molar-refractivity contribution in [3.05, 3.63) is 36.0 Å². The molecular formula is C14H17N5. The molecule has 1 aromatic carbocycles. The number of aryl methyl sites for hydroxylation is 2. The molecule has 0 aliphatic heterocycles. The zero-order valence-electron chi connectivity index (χ0n) is 11.4. The molecule has 0 saturated heterocycles. The molecule has 19 heavy (non-hydrogen) atoms. The number of hydrogen-bond donors (Lipinski definition) is 2. The molecule has 2 heterocycles. The lowest BCUT2D eigenvalue weighted by atomic mass is 10.1. The van der Waals surface area contributed by atoms with Crippen LogP contribution in [0.4, 0.5) is 0 Å². The van der Waals surface area contributed by atoms with Crippen LogP contribution in [0.2, 0.25) is 0 Å². The number of rotatable bonds is 3. The van der Waals surface area contributed by atoms with Gasteiger partial charge in [0.05, 0.1) is 28.7 Å². The number of imidazole rings is 2. The van der Waals surface area contributed by atoms with Gasteiger partial charge in [-0.05, 0) is 26.1 Å². The Labute approximate surface area is 111 Å². The first-order valence-corrected chi connectivity index (χ1v) is 6.30. The zero-order valence-corrected chi connectivity index (χ0v) is 11.4. The number of nitrogens with zero attached hydrogens (tertiary/aromatic N) is 3. The predicted molar refractivity (Wildman–Crippen MR) is 75.8 cm³/mol. The van der Waals surface area contributed by atoms with Crippen molar-refractivity contribution in [2.24, 2.45) is 7.05 Å². The lowest BCUT2D eigenvalue weighted by Crippen LogP contribution is -2.07. The van der Waals surface area contributed by atoms with Gasteiger partial charge in [-0.1, -0.05) is 6.07 Å². The Morgan fingerprint density at radius 2 is 2.21 bits per heavy atom. The fourth-order valence-electron chi connectivity index (χ4n) is 2.43. The molecule has 3 aromatic rings. The summed E-state index contributed by atoms with van der Waals surface area (Å²) in [5.41, 5.74) is 5.41. The van der Waals surface area contributed by atoms with E-state index in [0.717, 1.165) is 40.4 Å². The highest BCUT2D eigenvalue weighted by Crippen LogP contribution is 2.25. The van der Waals surface area contributed by atoms with Gasteiger partial charge in [-0.3, -0.25) is 0 Å². The van der Waals surface area contributed by atoms with Crippen LogP contribution in [0.3, 0.4) is 0 Å². The summed E-state index contributed by atoms with van der Waals surface area (Å²) in [5, 5.41) is 3.15. The summed E-state index contributed by atoms with van der Waals surface area (Å²) in [6.45, 7) is 2.73. The molecule has 0 spiro atoms. The summed E-state index contributed by atoms with van der Waals surface area (Å²) in [6.07, 6.45) is 1.85. The van der Waals surface area contributed by atoms with Gasteiger partial charge in [0.15, 0.2) is 0 Å². The molecule has 0 atom stereocenters. The van der Waals surface area contributed by atoms with E-state index in [0.29, 0.717) is 0 Å². The van der Waals surface area contributed by atoms with Crippen LogP contribution >= 0.6 is 0 Å². The monoisotopic (exact) mass is 255 g/mol. The van der Waals surface area contributed by atoms with Crippen molar-refractivity contribution >= 4 is 11.0 Å². The summed E-state index contributed by atoms with van der Waals surface area (Å²) in [6, 6.07) is 6.27. The van der Waals surface area contributed by atoms with E-state index in [4.69, 9.17) is 0 Å². The smallest absolute Gasteiger partial charge is 0.104 e. The molecule has 5 heteroatoms. The third-order valence-electron chi connectivity index (χ3n) is 3.23. The van der Waals surface area contributed by atoms with Gasteiger partial charge in [0, 0.05) is 19.2 Å². The topological polar surface area (TPSA) is 58.5 Å². The van der Waals surface area contributed by atoms with Gasteiger partial charge < -0.3 is 14.9 Å². The molecule has 0 radical (unpaired) electrons. The Hall–Kier alpha value is -2.14. The number of fused-ring (bicyclic) bond motifs is 1. The Balaban J connectivity index is 2.15. The van der Waals surface area contributed by atoms with E-state index >= 15 is 0 Å². The van der Waals surface area contributed by atoms with Crippen LogP contribution in [-0.2, 0) is 13.6 Å². The number of benzene rings is 1. The first-order valence-electron chi connectivity index (χ1n) is 6.30. The molecule has 0 saturated carbocycles. The lowest BCUT2D eigenvalue weighted by molar-refractivity contribution is 0.797. The second-order valence-corrected chi connectivity index (χ2v) is 4.74. The first-order chi connectivity index (χ1) is 9.19. The normalized spacial score (nSPS) is 11.3. The van der Waals surface area contributed by atoms with Gasteiger partial charge in [0.2, 0.25) is 0 Å². The minimum absolute atomic E-state index is 0.760. The van der Waals surface area contributed by atoms with Crippen molar-refractivity contribution in [3.63, 3.8) is 0 Å². The summed E-state index contributed by atoms with van der Waals surface area (Å²) in [7, 11) is 3.95. The van der Waals surface area contributed by atoms with Crippen LogP contribution in [0.1, 0.15) is 11.5 Å². The van der Waals surface area contributed by atoms with Crippen LogP contribution in [0.5, 0.6) is 0 Å². The summed E-state index contributed by atoms with van der Waals surface area (Å²) in [4.78, 5) is 12.1. The van der Waals surface area contributed by atoms with Crippen LogP contribution in [-0.4, -0.2) is 26.6 Å². The molecular weight excluding hydrogens is 238 g/mol. The molecule has 0 fully saturated rings. The largest absolute Gasteiger partial charge is 0.342 e. The quantitative estimate of drug-likeness (QED) is 0.752. The van der Waals surface area contributed by atoms with Crippen molar-refractivity contribution in [1.29, 1.82) is 0 Å². The van der Waals surface area contributed by atoms with Gasteiger partial charge in [0.25, 0.3) is 0 Å². The van der Waals surface area contributed by atoms with Crippen molar-refractivity contribution in [2.75, 3.05) is 7.05 Å². The first kappa shape index (κ1) is 11.9. The molecule has 98 valence electrons. The molecule has 2 N–H and O–H groups in total. The minimum atomic E-state index is 0.760. The number of H-pyrrole nitrogens is 1. The minimum Gasteiger partial charge on any atom is -0.342 e. The van der Waals surface area contributed by atoms with Crippen LogP contribution < -0.4 is 5.32 Å². The zero-order chi connectivity index (χ0) is 13.4. The van der Waals surface area contributed by atoms with Crippen LogP contribution in [0.25, 0.3) is 22.3 Å². The van der Waals surface area contributed by atoms with E-state index in [1.165, 1.54) is 0 Å². The number of aromatic nitrogens is 4. The Morgan fingerprint density at radius 1 is 1.37 bits per heavy atom. The van der Waals surface area contributed by atoms with E-state index in [9.17, 15) is 0 Å². The Bertz CT molecular complexity index is 723. The molecule has 0 amide bonds. The van der Waals surface area contributed by atoms with Gasteiger partial charge >= 0.3 is 0 Å². The molecule has 0 aliphatic rings. The number of nitrogens with one attached hydrogen (secondary N) is 2. The molecule has 0 aliphatic carbocycles. The van der Waals surface area contributed by atoms with Gasteiger partial charge in [-0.25, -0.2) is 9.97 Å². The Kier molecular flexibility index (Phi) is 2.83. The average Bonchev–Trinajstić information content (AvgIpc) is 2.91. The standard InChI is InChI=1S/C14H17N5/c1-9-17-11-5-4-10(6-12(11)18-9)14-13(7-15-2)16-8-19(14)3/h4-6,8,15H,7H2,1-3H3,(H,17,18). The highest BCUT2D eigenvalue weighted by atomic mass is 15.0. The summed E-state index contributed by atoms with van der Waals surface area (Å²) >= 11 is 0. The van der Waals surface area contributed by atoms with Crippen molar-refractivity contribution < 1.29 is 0 Å². The van der Waals surface area contributed by atoms with E-state index in [2.05, 4.69) is 37.0 Å². The fourth-order valence-corrected chi connectivity index (χ4v) is 2.43. The van der Waals surface area contributed by atoms with E-state index in [-0.39, 0.29) is 0 Å². The fraction of sp³-hybridized carbons (Fsp3) is 0.286. The summed E-state index contributed by atoms with van der Waals surface area (Å²) in [5.74, 6) is 0.938. The third kappa shape index (κ3) is 2.02. The van der Waals surface area contributed by atoms with Gasteiger partial charge in [-0.2, -0.15) is 0 Å². The van der Waals surface area contributed by atoms with Crippen molar-refractivity contribution in [1.82, 2.24) is 24.8 Å². The van der Waals surface area contributed by atoms with Crippen molar-refractivity contribution in [2.45, 2.75) is 13.5 Å². The maximum Gasteiger partial charge on any atom is 0.104 e. The number of hydrogen-bond acceptors (Lipinski definition) is 3. The lowest BCUT2D eigenvalue weighted by Gasteiger charge is -2.06. The van der Waals surface area contributed by atoms with E-state index < -0.39 is 0 Å². The predicted octanol–water partition coefficient (Wildman–Crippen LogP) is 1.99. The third-order valence-corrected chi connectivity index (χ3v) is 3.23. The van der Waals surface area contributed by atoms with Crippen LogP contribution in [0.15, 0.2) is 24.5 Å². The molecule has 0 unspecified atom stereocenters. The van der Waals surface area contributed by atoms with Gasteiger partial charge in [-0.15, -0.1) is 0 Å². The molecule has 0 bridgehead atoms. The Morgan fingerprint density at radius 3 is 3.00 bits per heavy atom. The molecule has 5 nitrogen and oxygen atoms in total. The maximum absolute atomic E-state index is 4.44.